The normalized spacial score (nSPS) is 19.3. The summed E-state index contributed by atoms with van der Waals surface area (Å²) in [7, 11) is -0.974. The monoisotopic (exact) mass is 412 g/mol. The molecule has 1 fully saturated rings. The fourth-order valence-electron chi connectivity index (χ4n) is 2.97. The van der Waals surface area contributed by atoms with Crippen LogP contribution in [0.3, 0.4) is 0 Å². The van der Waals surface area contributed by atoms with Crippen molar-refractivity contribution in [1.82, 2.24) is 14.7 Å². The maximum atomic E-state index is 11.7. The van der Waals surface area contributed by atoms with Crippen LogP contribution in [0.4, 0.5) is 10.8 Å². The Morgan fingerprint density at radius 3 is 2.65 bits per heavy atom. The molecule has 1 aliphatic rings. The lowest BCUT2D eigenvalue weighted by atomic mass is 10.0. The third-order valence-corrected chi connectivity index (χ3v) is 7.60. The van der Waals surface area contributed by atoms with Gasteiger partial charge < -0.3 is 5.32 Å². The molecule has 26 heavy (non-hydrogen) atoms. The minimum atomic E-state index is -2.90. The van der Waals surface area contributed by atoms with E-state index in [0.717, 1.165) is 10.8 Å². The SMILES string of the molecule is CC(C)c1ccc(Nc2nn(CN(C)[C@H]3CCS(=O)(=O)C3)c(=S)s2)cc1. The van der Waals surface area contributed by atoms with Crippen molar-refractivity contribution in [3.8, 4) is 0 Å². The molecular weight excluding hydrogens is 388 g/mol. The fourth-order valence-corrected chi connectivity index (χ4v) is 5.79. The molecule has 6 nitrogen and oxygen atoms in total. The lowest BCUT2D eigenvalue weighted by molar-refractivity contribution is 0.198. The van der Waals surface area contributed by atoms with Gasteiger partial charge in [-0.25, -0.2) is 13.1 Å². The van der Waals surface area contributed by atoms with Crippen LogP contribution in [0.15, 0.2) is 24.3 Å². The van der Waals surface area contributed by atoms with Gasteiger partial charge in [0.05, 0.1) is 18.2 Å². The van der Waals surface area contributed by atoms with E-state index >= 15 is 0 Å². The van der Waals surface area contributed by atoms with Gasteiger partial charge in [0.25, 0.3) is 0 Å². The summed E-state index contributed by atoms with van der Waals surface area (Å²) in [6, 6.07) is 8.33. The Balaban J connectivity index is 1.66. The fraction of sp³-hybridized carbons (Fsp3) is 0.529. The maximum Gasteiger partial charge on any atom is 0.209 e. The average Bonchev–Trinajstić information content (AvgIpc) is 3.10. The van der Waals surface area contributed by atoms with Crippen molar-refractivity contribution >= 4 is 44.2 Å². The first-order chi connectivity index (χ1) is 12.2. The van der Waals surface area contributed by atoms with Crippen LogP contribution in [0.5, 0.6) is 0 Å². The third kappa shape index (κ3) is 4.70. The Labute approximate surface area is 163 Å². The molecule has 0 bridgehead atoms. The third-order valence-electron chi connectivity index (χ3n) is 4.62. The zero-order chi connectivity index (χ0) is 18.9. The van der Waals surface area contributed by atoms with E-state index < -0.39 is 9.84 Å². The van der Waals surface area contributed by atoms with Gasteiger partial charge in [0.1, 0.15) is 0 Å². The van der Waals surface area contributed by atoms with Crippen LogP contribution < -0.4 is 5.32 Å². The molecule has 9 heteroatoms. The van der Waals surface area contributed by atoms with Crippen LogP contribution in [0.25, 0.3) is 0 Å². The summed E-state index contributed by atoms with van der Waals surface area (Å²) in [5.74, 6) is 0.984. The second-order valence-electron chi connectivity index (χ2n) is 7.03. The van der Waals surface area contributed by atoms with Gasteiger partial charge >= 0.3 is 0 Å². The van der Waals surface area contributed by atoms with E-state index in [1.54, 1.807) is 4.68 Å². The number of hydrogen-bond acceptors (Lipinski definition) is 7. The highest BCUT2D eigenvalue weighted by atomic mass is 32.2. The first-order valence-corrected chi connectivity index (χ1v) is 11.6. The van der Waals surface area contributed by atoms with Gasteiger partial charge in [-0.05, 0) is 49.3 Å². The standard InChI is InChI=1S/C17H24N4O2S3/c1-12(2)13-4-6-14(7-5-13)18-16-19-21(17(24)25-16)11-20(3)15-8-9-26(22,23)10-15/h4-7,12,15H,8-11H2,1-3H3,(H,18,19)/t15-/m0/s1. The highest BCUT2D eigenvalue weighted by Gasteiger charge is 2.30. The van der Waals surface area contributed by atoms with E-state index in [0.29, 0.717) is 23.0 Å². The zero-order valence-corrected chi connectivity index (χ0v) is 17.6. The van der Waals surface area contributed by atoms with E-state index in [1.165, 1.54) is 16.9 Å². The van der Waals surface area contributed by atoms with Crippen LogP contribution in [0, 0.1) is 3.95 Å². The minimum absolute atomic E-state index is 0.0311. The minimum Gasteiger partial charge on any atom is -0.330 e. The van der Waals surface area contributed by atoms with E-state index in [-0.39, 0.29) is 17.5 Å². The summed E-state index contributed by atoms with van der Waals surface area (Å²) in [6.45, 7) is 4.83. The van der Waals surface area contributed by atoms with Crippen LogP contribution >= 0.6 is 23.6 Å². The maximum absolute atomic E-state index is 11.7. The molecule has 0 spiro atoms. The second-order valence-corrected chi connectivity index (χ2v) is 10.9. The molecule has 1 aliphatic heterocycles. The van der Waals surface area contributed by atoms with Gasteiger partial charge in [-0.3, -0.25) is 4.90 Å². The predicted molar refractivity (Wildman–Crippen MR) is 110 cm³/mol. The summed E-state index contributed by atoms with van der Waals surface area (Å²) < 4.78 is 25.7. The molecule has 3 rings (SSSR count). The Bertz CT molecular complexity index is 916. The Hall–Kier alpha value is -1.29. The Morgan fingerprint density at radius 1 is 1.38 bits per heavy atom. The van der Waals surface area contributed by atoms with Crippen LogP contribution in [0.2, 0.25) is 0 Å². The highest BCUT2D eigenvalue weighted by Crippen LogP contribution is 2.23. The number of rotatable bonds is 6. The molecule has 0 radical (unpaired) electrons. The average molecular weight is 413 g/mol. The molecule has 2 aromatic rings. The summed E-state index contributed by atoms with van der Waals surface area (Å²) in [6.07, 6.45) is 0.670. The summed E-state index contributed by atoms with van der Waals surface area (Å²) in [5.41, 5.74) is 2.27. The number of benzene rings is 1. The van der Waals surface area contributed by atoms with Crippen molar-refractivity contribution in [2.75, 3.05) is 23.9 Å². The van der Waals surface area contributed by atoms with E-state index in [1.807, 2.05) is 24.1 Å². The molecule has 1 aromatic carbocycles. The summed E-state index contributed by atoms with van der Waals surface area (Å²) >= 11 is 6.83. The molecule has 1 saturated heterocycles. The molecule has 0 amide bonds. The topological polar surface area (TPSA) is 67.2 Å². The summed E-state index contributed by atoms with van der Waals surface area (Å²) in [5, 5.41) is 8.57. The number of nitrogens with zero attached hydrogens (tertiary/aromatic N) is 3. The molecule has 0 aliphatic carbocycles. The van der Waals surface area contributed by atoms with Crippen LogP contribution in [-0.4, -0.2) is 47.7 Å². The first kappa shape index (κ1) is 19.5. The van der Waals surface area contributed by atoms with Crippen LogP contribution in [0.1, 0.15) is 31.7 Å². The number of anilines is 2. The molecule has 0 unspecified atom stereocenters. The first-order valence-electron chi connectivity index (χ1n) is 8.59. The predicted octanol–water partition coefficient (Wildman–Crippen LogP) is 3.62. The number of nitrogens with one attached hydrogen (secondary N) is 1. The number of sulfone groups is 1. The second kappa shape index (κ2) is 7.75. The molecule has 142 valence electrons. The number of aromatic nitrogens is 2. The molecule has 1 atom stereocenters. The molecule has 2 heterocycles. The van der Waals surface area contributed by atoms with Crippen molar-refractivity contribution in [2.24, 2.45) is 0 Å². The molecule has 1 aromatic heterocycles. The zero-order valence-electron chi connectivity index (χ0n) is 15.2. The van der Waals surface area contributed by atoms with Gasteiger partial charge in [-0.1, -0.05) is 37.3 Å². The van der Waals surface area contributed by atoms with Gasteiger partial charge in [-0.2, -0.15) is 0 Å². The van der Waals surface area contributed by atoms with Gasteiger partial charge in [-0.15, -0.1) is 5.10 Å². The lowest BCUT2D eigenvalue weighted by Gasteiger charge is -2.22. The Kier molecular flexibility index (Phi) is 5.81. The molecular formula is C17H24N4O2S3. The molecule has 1 N–H and O–H groups in total. The van der Waals surface area contributed by atoms with Gasteiger partial charge in [0.2, 0.25) is 5.13 Å². The van der Waals surface area contributed by atoms with Gasteiger partial charge in [0.15, 0.2) is 13.8 Å². The van der Waals surface area contributed by atoms with Gasteiger partial charge in [0, 0.05) is 11.7 Å². The highest BCUT2D eigenvalue weighted by molar-refractivity contribution is 7.91. The van der Waals surface area contributed by atoms with E-state index in [2.05, 4.69) is 36.4 Å². The van der Waals surface area contributed by atoms with E-state index in [4.69, 9.17) is 12.2 Å². The van der Waals surface area contributed by atoms with Crippen molar-refractivity contribution in [3.63, 3.8) is 0 Å². The quantitative estimate of drug-likeness (QED) is 0.731. The van der Waals surface area contributed by atoms with E-state index in [9.17, 15) is 8.42 Å². The Morgan fingerprint density at radius 2 is 2.08 bits per heavy atom. The largest absolute Gasteiger partial charge is 0.330 e. The van der Waals surface area contributed by atoms with Crippen molar-refractivity contribution in [1.29, 1.82) is 0 Å². The van der Waals surface area contributed by atoms with Crippen LogP contribution in [-0.2, 0) is 16.5 Å². The van der Waals surface area contributed by atoms with Crippen molar-refractivity contribution in [2.45, 2.75) is 38.9 Å². The summed E-state index contributed by atoms with van der Waals surface area (Å²) in [4.78, 5) is 2.02. The van der Waals surface area contributed by atoms with Crippen molar-refractivity contribution in [3.05, 3.63) is 33.8 Å². The van der Waals surface area contributed by atoms with Crippen molar-refractivity contribution < 1.29 is 8.42 Å². The lowest BCUT2D eigenvalue weighted by Crippen LogP contribution is -2.34. The number of hydrogen-bond donors (Lipinski definition) is 1. The smallest absolute Gasteiger partial charge is 0.209 e. The molecule has 0 saturated carbocycles.